The lowest BCUT2D eigenvalue weighted by Crippen LogP contribution is -2.52. The van der Waals surface area contributed by atoms with Crippen LogP contribution in [-0.4, -0.2) is 186 Å². The second kappa shape index (κ2) is 36.5. The summed E-state index contributed by atoms with van der Waals surface area (Å²) in [5, 5.41) is 34.5. The van der Waals surface area contributed by atoms with E-state index in [2.05, 4.69) is 21.3 Å². The van der Waals surface area contributed by atoms with E-state index in [-0.39, 0.29) is 72.6 Å². The molecule has 3 aromatic heterocycles. The fourth-order valence-corrected chi connectivity index (χ4v) is 12.5. The van der Waals surface area contributed by atoms with E-state index in [9.17, 15) is 48.3 Å². The molecule has 11 rings (SSSR count). The number of piperazine rings is 3. The van der Waals surface area contributed by atoms with Crippen LogP contribution in [0.4, 0.5) is 0 Å². The third-order valence-corrected chi connectivity index (χ3v) is 18.6. The highest BCUT2D eigenvalue weighted by atomic mass is 32.1. The molecule has 8 aromatic rings. The van der Waals surface area contributed by atoms with Crippen LogP contribution < -0.4 is 30.7 Å². The van der Waals surface area contributed by atoms with Crippen molar-refractivity contribution in [1.82, 2.24) is 45.8 Å². The number of carboxylic acids is 1. The minimum Gasteiger partial charge on any atom is -0.508 e. The van der Waals surface area contributed by atoms with Crippen molar-refractivity contribution >= 4 is 87.2 Å². The quantitative estimate of drug-likeness (QED) is 0.0475. The minimum absolute atomic E-state index is 0.00947. The Balaban J connectivity index is 0.000000174. The van der Waals surface area contributed by atoms with Crippen molar-refractivity contribution in [2.75, 3.05) is 98.2 Å². The number of benzene rings is 5. The van der Waals surface area contributed by atoms with Gasteiger partial charge in [-0.05, 0) is 156 Å². The van der Waals surface area contributed by atoms with Crippen LogP contribution >= 0.6 is 34.0 Å². The molecule has 0 saturated carbocycles. The Morgan fingerprint density at radius 3 is 1.03 bits per heavy atom. The highest BCUT2D eigenvalue weighted by Gasteiger charge is 2.28. The Labute approximate surface area is 569 Å². The SMILES string of the molecule is Cc1ccsc1C(=O)N1CCN(C(=O)CNC(=O)c2ccc(O)cc2)CC1.Cc1ccsc1C(=O)N1CCN(C(=O)CNC(=O)c2ccc(OCc3ccccc3)cc2)CC1.Cc1ccsc1C(=O)O.O=C(NCC(=O)N1CCNCC1)c1ccc(OCc2ccccc2)cc1. The first-order chi connectivity index (χ1) is 46.4. The largest absolute Gasteiger partial charge is 0.508 e. The molecule has 0 atom stereocenters. The predicted molar refractivity (Wildman–Crippen MR) is 368 cm³/mol. The number of carbonyl (C=O) groups is 9. The van der Waals surface area contributed by atoms with Gasteiger partial charge in [0.1, 0.15) is 35.3 Å². The van der Waals surface area contributed by atoms with Gasteiger partial charge in [0.05, 0.1) is 29.4 Å². The number of amides is 8. The Bertz CT molecular complexity index is 3880. The number of nitrogens with zero attached hydrogens (tertiary/aromatic N) is 5. The molecule has 96 heavy (non-hydrogen) atoms. The van der Waals surface area contributed by atoms with Crippen LogP contribution in [0.5, 0.6) is 17.2 Å². The maximum absolute atomic E-state index is 12.6. The summed E-state index contributed by atoms with van der Waals surface area (Å²) < 4.78 is 11.4. The van der Waals surface area contributed by atoms with E-state index >= 15 is 0 Å². The summed E-state index contributed by atoms with van der Waals surface area (Å²) in [4.78, 5) is 120. The van der Waals surface area contributed by atoms with Crippen LogP contribution in [0.15, 0.2) is 168 Å². The Kier molecular flexibility index (Phi) is 27.2. The summed E-state index contributed by atoms with van der Waals surface area (Å²) in [5.41, 5.74) is 6.28. The van der Waals surface area contributed by atoms with Gasteiger partial charge in [-0.1, -0.05) is 60.7 Å². The maximum atomic E-state index is 12.6. The van der Waals surface area contributed by atoms with Crippen LogP contribution in [0.3, 0.4) is 0 Å². The fourth-order valence-electron chi connectivity index (χ4n) is 9.90. The minimum atomic E-state index is -0.831. The number of phenols is 1. The molecule has 22 nitrogen and oxygen atoms in total. The number of carbonyl (C=O) groups excluding carboxylic acids is 8. The normalized spacial score (nSPS) is 13.4. The van der Waals surface area contributed by atoms with Crippen molar-refractivity contribution in [3.05, 3.63) is 227 Å². The van der Waals surface area contributed by atoms with Crippen LogP contribution in [0.2, 0.25) is 0 Å². The first-order valence-corrected chi connectivity index (χ1v) is 33.7. The second-order valence-corrected chi connectivity index (χ2v) is 25.0. The summed E-state index contributed by atoms with van der Waals surface area (Å²) in [6.07, 6.45) is 0. The number of hydrogen-bond acceptors (Lipinski definition) is 16. The van der Waals surface area contributed by atoms with Crippen molar-refractivity contribution in [2.24, 2.45) is 0 Å². The van der Waals surface area contributed by atoms with E-state index in [1.54, 1.807) is 91.4 Å². The number of ether oxygens (including phenoxy) is 2. The van der Waals surface area contributed by atoms with E-state index in [0.29, 0.717) is 112 Å². The summed E-state index contributed by atoms with van der Waals surface area (Å²) in [6.45, 7) is 13.1. The molecule has 5 aromatic carbocycles. The molecular weight excluding hydrogens is 1280 g/mol. The zero-order valence-corrected chi connectivity index (χ0v) is 56.0. The molecule has 25 heteroatoms. The highest BCUT2D eigenvalue weighted by molar-refractivity contribution is 7.12. The van der Waals surface area contributed by atoms with Crippen molar-refractivity contribution < 1.29 is 62.8 Å². The number of aromatic hydroxyl groups is 1. The van der Waals surface area contributed by atoms with Crippen molar-refractivity contribution in [1.29, 1.82) is 0 Å². The first kappa shape index (κ1) is 71.6. The lowest BCUT2D eigenvalue weighted by molar-refractivity contribution is -0.132. The zero-order chi connectivity index (χ0) is 68.3. The first-order valence-electron chi connectivity index (χ1n) is 31.1. The molecule has 3 saturated heterocycles. The molecule has 3 aliphatic rings. The van der Waals surface area contributed by atoms with E-state index in [0.717, 1.165) is 50.7 Å². The number of phenolic OH excluding ortho intramolecular Hbond substituents is 1. The number of thiophene rings is 3. The summed E-state index contributed by atoms with van der Waals surface area (Å²) in [6, 6.07) is 45.0. The Morgan fingerprint density at radius 1 is 0.406 bits per heavy atom. The smallest absolute Gasteiger partial charge is 0.346 e. The number of hydrogen-bond donors (Lipinski definition) is 6. The van der Waals surface area contributed by atoms with Gasteiger partial charge in [-0.2, -0.15) is 0 Å². The topological polar surface area (TPSA) is 277 Å². The molecule has 0 bridgehead atoms. The summed E-state index contributed by atoms with van der Waals surface area (Å²) >= 11 is 4.13. The van der Waals surface area contributed by atoms with Gasteiger partial charge in [-0.3, -0.25) is 38.4 Å². The third-order valence-electron chi connectivity index (χ3n) is 15.5. The number of aryl methyl sites for hydroxylation is 3. The lowest BCUT2D eigenvalue weighted by atomic mass is 10.2. The van der Waals surface area contributed by atoms with Crippen molar-refractivity contribution in [3.8, 4) is 17.2 Å². The zero-order valence-electron chi connectivity index (χ0n) is 53.5. The Morgan fingerprint density at radius 2 is 0.719 bits per heavy atom. The molecular formula is C71H77N9O13S3. The average molecular weight is 1360 g/mol. The van der Waals surface area contributed by atoms with Crippen LogP contribution in [0.1, 0.15) is 87.9 Å². The van der Waals surface area contributed by atoms with Gasteiger partial charge in [0.2, 0.25) is 17.7 Å². The molecule has 6 heterocycles. The van der Waals surface area contributed by atoms with Gasteiger partial charge >= 0.3 is 5.97 Å². The Hall–Kier alpha value is -10.2. The van der Waals surface area contributed by atoms with E-state index in [1.165, 1.54) is 58.3 Å². The van der Waals surface area contributed by atoms with E-state index in [4.69, 9.17) is 14.6 Å². The molecule has 3 fully saturated rings. The third kappa shape index (κ3) is 21.7. The molecule has 0 unspecified atom stereocenters. The van der Waals surface area contributed by atoms with Crippen molar-refractivity contribution in [2.45, 2.75) is 34.0 Å². The maximum Gasteiger partial charge on any atom is 0.346 e. The van der Waals surface area contributed by atoms with E-state index in [1.807, 2.05) is 97.4 Å². The molecule has 0 radical (unpaired) electrons. The van der Waals surface area contributed by atoms with Gasteiger partial charge in [0.15, 0.2) is 0 Å². The molecule has 0 spiro atoms. The van der Waals surface area contributed by atoms with Gasteiger partial charge < -0.3 is 65.5 Å². The number of nitrogens with one attached hydrogen (secondary N) is 4. The molecule has 0 aliphatic carbocycles. The number of aromatic carboxylic acids is 1. The predicted octanol–water partition coefficient (Wildman–Crippen LogP) is 8.01. The number of rotatable bonds is 18. The molecule has 3 aliphatic heterocycles. The van der Waals surface area contributed by atoms with Gasteiger partial charge in [0.25, 0.3) is 29.5 Å². The average Bonchev–Trinajstić information content (AvgIpc) is 1.64. The second-order valence-electron chi connectivity index (χ2n) is 22.3. The molecule has 502 valence electrons. The van der Waals surface area contributed by atoms with Crippen LogP contribution in [0.25, 0.3) is 0 Å². The van der Waals surface area contributed by atoms with Crippen LogP contribution in [0, 0.1) is 20.8 Å². The lowest BCUT2D eigenvalue weighted by Gasteiger charge is -2.34. The fraction of sp³-hybridized carbons (Fsp3) is 0.282. The van der Waals surface area contributed by atoms with Gasteiger partial charge in [-0.15, -0.1) is 34.0 Å². The van der Waals surface area contributed by atoms with Crippen LogP contribution in [-0.2, 0) is 27.6 Å². The van der Waals surface area contributed by atoms with E-state index < -0.39 is 5.97 Å². The van der Waals surface area contributed by atoms with Gasteiger partial charge in [-0.25, -0.2) is 4.79 Å². The highest BCUT2D eigenvalue weighted by Crippen LogP contribution is 2.22. The standard InChI is InChI=1S/C26H27N3O4S.C20H23N3O3.C19H21N3O4S.C6H6O2S/c1-19-11-16-34-24(19)26(32)29-14-12-28(13-15-29)23(30)17-27-25(31)21-7-9-22(10-8-21)33-18-20-5-3-2-4-6-20;24-19(23-12-10-21-11-13-23)14-22-20(25)17-6-8-18(9-7-17)26-15-16-4-2-1-3-5-16;1-13-6-11-27-17(13)19(26)22-9-7-21(8-10-22)16(24)12-20-18(25)14-2-4-15(23)5-3-14;1-4-2-3-9-5(4)6(7)8/h2-11,16H,12-15,17-18H2,1H3,(H,27,31);1-9,21H,10-15H2,(H,22,25);2-6,11,23H,7-10,12H2,1H3,(H,20,25);2-3H,1H3,(H,7,8). The summed E-state index contributed by atoms with van der Waals surface area (Å²) in [7, 11) is 0. The number of carboxylic acid groups (broad SMARTS) is 1. The molecule has 6 N–H and O–H groups in total. The van der Waals surface area contributed by atoms with Crippen molar-refractivity contribution in [3.63, 3.8) is 0 Å². The monoisotopic (exact) mass is 1360 g/mol. The van der Waals surface area contributed by atoms with Gasteiger partial charge in [0, 0.05) is 95.2 Å². The summed E-state index contributed by atoms with van der Waals surface area (Å²) in [5.74, 6) is -0.698. The molecule has 8 amide bonds.